The van der Waals surface area contributed by atoms with Crippen molar-refractivity contribution in [2.45, 2.75) is 343 Å². The van der Waals surface area contributed by atoms with E-state index in [9.17, 15) is 0 Å². The molecular formula is C74H135BN2. The zero-order valence-corrected chi connectivity index (χ0v) is 52.3. The van der Waals surface area contributed by atoms with Crippen LogP contribution >= 0.6 is 0 Å². The molecule has 0 atom stereocenters. The van der Waals surface area contributed by atoms with Gasteiger partial charge in [0.2, 0.25) is 6.71 Å². The number of benzene rings is 1. The summed E-state index contributed by atoms with van der Waals surface area (Å²) in [6.07, 6.45) is 79.3. The molecule has 0 unspecified atom stereocenters. The fourth-order valence-corrected chi connectivity index (χ4v) is 16.8. The average Bonchev–Trinajstić information content (AvgIpc) is 3.54. The number of hydrogen-bond acceptors (Lipinski definition) is 2. The summed E-state index contributed by atoms with van der Waals surface area (Å²) in [5.74, 6) is 11.4. The fraction of sp³-hybridized carbons (Fsp3) is 0.865. The van der Waals surface area contributed by atoms with Crippen molar-refractivity contribution < 1.29 is 0 Å². The third-order valence-electron chi connectivity index (χ3n) is 21.4. The Morgan fingerprint density at radius 3 is 0.883 bits per heavy atom. The highest BCUT2D eigenvalue weighted by Gasteiger charge is 2.31. The molecule has 0 amide bonds. The van der Waals surface area contributed by atoms with Crippen molar-refractivity contribution in [3.63, 3.8) is 0 Å². The topological polar surface area (TPSA) is 6.48 Å². The average molecular weight is 1060 g/mol. The minimum atomic E-state index is 0. The Bertz CT molecular complexity index is 1340. The molecule has 1 aromatic rings. The molecule has 9 fully saturated rings. The van der Waals surface area contributed by atoms with Crippen LogP contribution in [0.5, 0.6) is 0 Å². The van der Waals surface area contributed by atoms with Crippen molar-refractivity contribution >= 4 is 23.6 Å². The van der Waals surface area contributed by atoms with Crippen molar-refractivity contribution in [3.05, 3.63) is 42.5 Å². The number of nitrogens with zero attached hydrogens (tertiary/aromatic N) is 2. The first-order valence-electron chi connectivity index (χ1n) is 35.4. The summed E-state index contributed by atoms with van der Waals surface area (Å²) in [4.78, 5) is 4.58. The van der Waals surface area contributed by atoms with Crippen molar-refractivity contribution in [1.82, 2.24) is 0 Å². The van der Waals surface area contributed by atoms with E-state index < -0.39 is 0 Å². The normalized spacial score (nSPS) is 24.2. The van der Waals surface area contributed by atoms with Gasteiger partial charge in [-0.3, -0.25) is 0 Å². The third kappa shape index (κ3) is 26.0. The number of rotatable bonds is 5. The standard InChI is InChI=1S/C12H15BN2.4C12H22.C6H12.C5H10.C2H6.CH4/c1-14-8-6-13-7-9-15(2)11-5-3-4-10(14)12(11)13;4*1-3-7-11(8-4-1)12-9-5-2-6-10-12;1-2-4-6-5-3-1;1-3-5-4-2;1-2;/h3-6,8H,7,9H2,1-2H3;4*11-12H,1-10H2;1-6H2;3,5H,4H2,1-2H3;1-2H3;1H4/b;;;;;;5-3-;;. The molecule has 1 aromatic carbocycles. The summed E-state index contributed by atoms with van der Waals surface area (Å²) < 4.78 is 0. The zero-order chi connectivity index (χ0) is 53.7. The molecule has 0 saturated heterocycles. The van der Waals surface area contributed by atoms with Gasteiger partial charge in [0.15, 0.2) is 0 Å². The van der Waals surface area contributed by atoms with Crippen molar-refractivity contribution in [2.75, 3.05) is 30.4 Å². The van der Waals surface area contributed by atoms with Crippen LogP contribution in [0.1, 0.15) is 337 Å². The Balaban J connectivity index is 0.000000196. The predicted octanol–water partition coefficient (Wildman–Crippen LogP) is 23.9. The summed E-state index contributed by atoms with van der Waals surface area (Å²) in [6, 6.07) is 6.61. The van der Waals surface area contributed by atoms with Crippen molar-refractivity contribution in [1.29, 1.82) is 0 Å². The molecule has 0 aromatic heterocycles. The maximum atomic E-state index is 2.36. The predicted molar refractivity (Wildman–Crippen MR) is 351 cm³/mol. The number of anilines is 2. The first kappa shape index (κ1) is 67.9. The molecule has 2 heterocycles. The van der Waals surface area contributed by atoms with Gasteiger partial charge in [-0.25, -0.2) is 0 Å². The first-order valence-corrected chi connectivity index (χ1v) is 35.4. The van der Waals surface area contributed by atoms with Gasteiger partial charge in [0.1, 0.15) is 0 Å². The Morgan fingerprint density at radius 2 is 0.649 bits per heavy atom. The molecule has 2 nitrogen and oxygen atoms in total. The van der Waals surface area contributed by atoms with Gasteiger partial charge in [-0.15, -0.1) is 0 Å². The van der Waals surface area contributed by atoms with E-state index in [2.05, 4.69) is 73.3 Å². The molecule has 0 spiro atoms. The third-order valence-corrected chi connectivity index (χ3v) is 21.4. The molecule has 77 heavy (non-hydrogen) atoms. The van der Waals surface area contributed by atoms with Gasteiger partial charge in [-0.2, -0.15) is 0 Å². The summed E-state index contributed by atoms with van der Waals surface area (Å²) in [7, 11) is 4.31. The highest BCUT2D eigenvalue weighted by molar-refractivity contribution is 6.81. The lowest BCUT2D eigenvalue weighted by Crippen LogP contribution is -2.46. The molecule has 2 aliphatic heterocycles. The zero-order valence-electron chi connectivity index (χ0n) is 52.3. The number of allylic oxidation sites excluding steroid dienone is 2. The SMILES string of the molecule is C.C/C=C\CC.C1CCC(C2CCCCC2)CC1.C1CCC(C2CCCCC2)CC1.C1CCC(C2CCCCC2)CC1.C1CCC(C2CCCCC2)CC1.C1CCCCC1.CC.CN1C=CB2CCN(C)c3cccc1c32. The highest BCUT2D eigenvalue weighted by Crippen LogP contribution is 2.41. The van der Waals surface area contributed by atoms with E-state index in [1.807, 2.05) is 20.8 Å². The molecule has 0 bridgehead atoms. The van der Waals surface area contributed by atoms with Crippen LogP contribution in [0.3, 0.4) is 0 Å². The summed E-state index contributed by atoms with van der Waals surface area (Å²) in [6.45, 7) is 9.95. The Morgan fingerprint density at radius 1 is 0.403 bits per heavy atom. The minimum absolute atomic E-state index is 0. The minimum Gasteiger partial charge on any atom is -0.376 e. The van der Waals surface area contributed by atoms with Crippen LogP contribution in [0.4, 0.5) is 11.4 Å². The Labute approximate surface area is 484 Å². The second-order valence-corrected chi connectivity index (χ2v) is 26.8. The molecule has 9 aliphatic carbocycles. The van der Waals surface area contributed by atoms with Crippen LogP contribution in [-0.2, 0) is 0 Å². The van der Waals surface area contributed by atoms with Gasteiger partial charge in [-0.1, -0.05) is 348 Å². The van der Waals surface area contributed by atoms with Crippen LogP contribution in [0, 0.1) is 47.3 Å². The van der Waals surface area contributed by atoms with Crippen LogP contribution in [-0.4, -0.2) is 27.4 Å². The van der Waals surface area contributed by atoms with Gasteiger partial charge < -0.3 is 9.80 Å². The van der Waals surface area contributed by atoms with Gasteiger partial charge in [-0.05, 0) is 90.8 Å². The molecule has 0 radical (unpaired) electrons. The summed E-state index contributed by atoms with van der Waals surface area (Å²) >= 11 is 0. The van der Waals surface area contributed by atoms with Crippen LogP contribution in [0.15, 0.2) is 42.5 Å². The maximum absolute atomic E-state index is 2.36. The fourth-order valence-electron chi connectivity index (χ4n) is 16.8. The lowest BCUT2D eigenvalue weighted by Gasteiger charge is -2.36. The van der Waals surface area contributed by atoms with Crippen molar-refractivity contribution in [2.24, 2.45) is 47.3 Å². The second-order valence-electron chi connectivity index (χ2n) is 26.8. The molecule has 0 N–H and O–H groups in total. The van der Waals surface area contributed by atoms with E-state index >= 15 is 0 Å². The Kier molecular flexibility index (Phi) is 38.0. The molecule has 444 valence electrons. The van der Waals surface area contributed by atoms with Crippen LogP contribution in [0.25, 0.3) is 0 Å². The van der Waals surface area contributed by atoms with Gasteiger partial charge >= 0.3 is 0 Å². The lowest BCUT2D eigenvalue weighted by molar-refractivity contribution is 0.196. The molecule has 11 aliphatic rings. The monoisotopic (exact) mass is 1060 g/mol. The van der Waals surface area contributed by atoms with E-state index in [4.69, 9.17) is 0 Å². The van der Waals surface area contributed by atoms with Crippen molar-refractivity contribution in [3.8, 4) is 0 Å². The molecule has 12 rings (SSSR count). The molecule has 9 saturated carbocycles. The summed E-state index contributed by atoms with van der Waals surface area (Å²) in [5.41, 5.74) is 4.28. The maximum Gasteiger partial charge on any atom is 0.209 e. The van der Waals surface area contributed by atoms with E-state index in [0.717, 1.165) is 60.3 Å². The van der Waals surface area contributed by atoms with Gasteiger partial charge in [0, 0.05) is 32.0 Å². The number of hydrogen-bond donors (Lipinski definition) is 0. The van der Waals surface area contributed by atoms with E-state index in [-0.39, 0.29) is 7.43 Å². The van der Waals surface area contributed by atoms with Crippen LogP contribution in [0.2, 0.25) is 6.32 Å². The van der Waals surface area contributed by atoms with E-state index in [1.54, 1.807) is 103 Å². The molecule has 3 heteroatoms. The quantitative estimate of drug-likeness (QED) is 0.214. The van der Waals surface area contributed by atoms with Gasteiger partial charge in [0.25, 0.3) is 0 Å². The summed E-state index contributed by atoms with van der Waals surface area (Å²) in [5, 5.41) is 0. The first-order chi connectivity index (χ1) is 37.6. The van der Waals surface area contributed by atoms with E-state index in [0.29, 0.717) is 6.71 Å². The van der Waals surface area contributed by atoms with Crippen LogP contribution < -0.4 is 15.3 Å². The van der Waals surface area contributed by atoms with Gasteiger partial charge in [0.05, 0.1) is 0 Å². The lowest BCUT2D eigenvalue weighted by atomic mass is 9.40. The smallest absolute Gasteiger partial charge is 0.209 e. The Hall–Kier alpha value is -1.64. The van der Waals surface area contributed by atoms with E-state index in [1.165, 1.54) is 216 Å². The highest BCUT2D eigenvalue weighted by atomic mass is 15.1. The second kappa shape index (κ2) is 43.1. The largest absolute Gasteiger partial charge is 0.376 e. The molecular weight excluding hydrogens is 928 g/mol.